The van der Waals surface area contributed by atoms with E-state index in [1.807, 2.05) is 48.7 Å². The summed E-state index contributed by atoms with van der Waals surface area (Å²) in [5, 5.41) is 0. The first-order chi connectivity index (χ1) is 13.7. The smallest absolute Gasteiger partial charge is 0.271 e. The average molecular weight is 411 g/mol. The van der Waals surface area contributed by atoms with E-state index in [0.717, 1.165) is 23.3 Å². The van der Waals surface area contributed by atoms with Crippen LogP contribution in [0.4, 0.5) is 0 Å². The molecule has 2 N–H and O–H groups in total. The Hall–Kier alpha value is -3.39. The summed E-state index contributed by atoms with van der Waals surface area (Å²) in [5.41, 5.74) is 7.82. The topological polar surface area (TPSA) is 97.3 Å². The Morgan fingerprint density at radius 2 is 1.52 bits per heavy atom. The average Bonchev–Trinajstić information content (AvgIpc) is 3.00. The Morgan fingerprint density at radius 3 is 2.17 bits per heavy atom. The Labute approximate surface area is 169 Å². The van der Waals surface area contributed by atoms with Gasteiger partial charge < -0.3 is 4.57 Å². The van der Waals surface area contributed by atoms with E-state index in [4.69, 9.17) is 0 Å². The molecule has 1 heterocycles. The molecule has 0 saturated carbocycles. The number of hydrazine groups is 1. The van der Waals surface area contributed by atoms with Crippen LogP contribution in [0.15, 0.2) is 65.6 Å². The fourth-order valence-electron chi connectivity index (χ4n) is 3.09. The van der Waals surface area contributed by atoms with Gasteiger partial charge in [-0.25, -0.2) is 8.42 Å². The maximum absolute atomic E-state index is 12.6. The van der Waals surface area contributed by atoms with Crippen LogP contribution in [0.25, 0.3) is 5.69 Å². The fraction of sp³-hybridized carbons (Fsp3) is 0.143. The molecule has 3 rings (SSSR count). The summed E-state index contributed by atoms with van der Waals surface area (Å²) in [7, 11) is -3.44. The minimum absolute atomic E-state index is 0.0304. The van der Waals surface area contributed by atoms with Crippen LogP contribution in [0.3, 0.4) is 0 Å². The number of carbonyl (C=O) groups is 2. The highest BCUT2D eigenvalue weighted by Crippen LogP contribution is 2.20. The number of hydrogen-bond donors (Lipinski definition) is 2. The van der Waals surface area contributed by atoms with Crippen LogP contribution >= 0.6 is 0 Å². The lowest BCUT2D eigenvalue weighted by atomic mass is 10.2. The van der Waals surface area contributed by atoms with E-state index >= 15 is 0 Å². The summed E-state index contributed by atoms with van der Waals surface area (Å²) in [6.07, 6.45) is 1.06. The highest BCUT2D eigenvalue weighted by atomic mass is 32.2. The van der Waals surface area contributed by atoms with Gasteiger partial charge in [0.2, 0.25) is 0 Å². The molecule has 7 nitrogen and oxygen atoms in total. The quantitative estimate of drug-likeness (QED) is 0.645. The number of aromatic nitrogens is 1. The van der Waals surface area contributed by atoms with Gasteiger partial charge >= 0.3 is 0 Å². The molecule has 0 aliphatic rings. The second kappa shape index (κ2) is 7.92. The molecule has 0 atom stereocenters. The zero-order valence-corrected chi connectivity index (χ0v) is 17.1. The molecule has 2 aromatic carbocycles. The summed E-state index contributed by atoms with van der Waals surface area (Å²) in [4.78, 5) is 24.9. The first kappa shape index (κ1) is 20.3. The zero-order chi connectivity index (χ0) is 21.2. The first-order valence-corrected chi connectivity index (χ1v) is 10.7. The van der Waals surface area contributed by atoms with Gasteiger partial charge in [-0.1, -0.05) is 24.3 Å². The van der Waals surface area contributed by atoms with E-state index in [1.165, 1.54) is 24.3 Å². The molecule has 2 amide bonds. The third-order valence-electron chi connectivity index (χ3n) is 4.50. The van der Waals surface area contributed by atoms with Crippen LogP contribution in [-0.2, 0) is 9.84 Å². The SMILES string of the molecule is Cc1cc(C(=O)NNC(=O)c2cccc(S(C)(=O)=O)c2)c(C)n1-c1ccccc1. The highest BCUT2D eigenvalue weighted by Gasteiger charge is 2.18. The summed E-state index contributed by atoms with van der Waals surface area (Å²) in [6.45, 7) is 3.72. The number of amides is 2. The van der Waals surface area contributed by atoms with Crippen molar-refractivity contribution in [2.75, 3.05) is 6.26 Å². The minimum atomic E-state index is -3.44. The predicted octanol–water partition coefficient (Wildman–Crippen LogP) is 2.57. The molecule has 0 aliphatic heterocycles. The number of sulfone groups is 1. The van der Waals surface area contributed by atoms with Gasteiger partial charge in [0.1, 0.15) is 0 Å². The lowest BCUT2D eigenvalue weighted by molar-refractivity contribution is 0.0846. The van der Waals surface area contributed by atoms with Crippen LogP contribution < -0.4 is 10.9 Å². The fourth-order valence-corrected chi connectivity index (χ4v) is 3.75. The zero-order valence-electron chi connectivity index (χ0n) is 16.3. The molecular weight excluding hydrogens is 390 g/mol. The van der Waals surface area contributed by atoms with E-state index < -0.39 is 21.7 Å². The van der Waals surface area contributed by atoms with E-state index in [1.54, 1.807) is 6.07 Å². The molecule has 3 aromatic rings. The van der Waals surface area contributed by atoms with Crippen LogP contribution in [0, 0.1) is 13.8 Å². The van der Waals surface area contributed by atoms with Crippen molar-refractivity contribution < 1.29 is 18.0 Å². The van der Waals surface area contributed by atoms with Crippen molar-refractivity contribution in [2.24, 2.45) is 0 Å². The third-order valence-corrected chi connectivity index (χ3v) is 5.61. The second-order valence-corrected chi connectivity index (χ2v) is 8.68. The van der Waals surface area contributed by atoms with Gasteiger partial charge in [-0.2, -0.15) is 0 Å². The van der Waals surface area contributed by atoms with E-state index in [0.29, 0.717) is 5.56 Å². The Bertz CT molecular complexity index is 1180. The molecule has 0 fully saturated rings. The molecule has 0 aliphatic carbocycles. The highest BCUT2D eigenvalue weighted by molar-refractivity contribution is 7.90. The van der Waals surface area contributed by atoms with Crippen molar-refractivity contribution >= 4 is 21.7 Å². The predicted molar refractivity (Wildman–Crippen MR) is 110 cm³/mol. The van der Waals surface area contributed by atoms with Crippen LogP contribution in [-0.4, -0.2) is 31.1 Å². The lowest BCUT2D eigenvalue weighted by Crippen LogP contribution is -2.41. The van der Waals surface area contributed by atoms with Gasteiger partial charge in [0.25, 0.3) is 11.8 Å². The summed E-state index contributed by atoms with van der Waals surface area (Å²) < 4.78 is 25.2. The minimum Gasteiger partial charge on any atom is -0.318 e. The monoisotopic (exact) mass is 411 g/mol. The number of rotatable bonds is 4. The van der Waals surface area contributed by atoms with Crippen LogP contribution in [0.5, 0.6) is 0 Å². The molecule has 0 spiro atoms. The maximum Gasteiger partial charge on any atom is 0.271 e. The first-order valence-electron chi connectivity index (χ1n) is 8.83. The summed E-state index contributed by atoms with van der Waals surface area (Å²) in [5.74, 6) is -1.08. The van der Waals surface area contributed by atoms with Crippen molar-refractivity contribution in [1.29, 1.82) is 0 Å². The Morgan fingerprint density at radius 1 is 0.862 bits per heavy atom. The molecule has 0 saturated heterocycles. The molecular formula is C21H21N3O4S. The number of hydrogen-bond acceptors (Lipinski definition) is 4. The molecule has 0 radical (unpaired) electrons. The van der Waals surface area contributed by atoms with Gasteiger partial charge in [-0.3, -0.25) is 20.4 Å². The summed E-state index contributed by atoms with van der Waals surface area (Å²) >= 11 is 0. The van der Waals surface area contributed by atoms with Crippen molar-refractivity contribution in [3.05, 3.63) is 83.2 Å². The molecule has 8 heteroatoms. The van der Waals surface area contributed by atoms with Crippen molar-refractivity contribution in [2.45, 2.75) is 18.7 Å². The lowest BCUT2D eigenvalue weighted by Gasteiger charge is -2.10. The van der Waals surface area contributed by atoms with Crippen LogP contribution in [0.1, 0.15) is 32.1 Å². The van der Waals surface area contributed by atoms with Gasteiger partial charge in [0.05, 0.1) is 10.5 Å². The number of para-hydroxylation sites is 1. The van der Waals surface area contributed by atoms with Gasteiger partial charge in [-0.15, -0.1) is 0 Å². The number of benzene rings is 2. The number of nitrogens with zero attached hydrogens (tertiary/aromatic N) is 1. The maximum atomic E-state index is 12.6. The van der Waals surface area contributed by atoms with E-state index in [-0.39, 0.29) is 10.5 Å². The second-order valence-electron chi connectivity index (χ2n) is 6.66. The Kier molecular flexibility index (Phi) is 5.56. The van der Waals surface area contributed by atoms with Crippen molar-refractivity contribution in [1.82, 2.24) is 15.4 Å². The summed E-state index contributed by atoms with van der Waals surface area (Å²) in [6, 6.07) is 17.0. The van der Waals surface area contributed by atoms with Crippen LogP contribution in [0.2, 0.25) is 0 Å². The number of aryl methyl sites for hydroxylation is 1. The third kappa shape index (κ3) is 4.38. The van der Waals surface area contributed by atoms with Gasteiger partial charge in [0.15, 0.2) is 9.84 Å². The largest absolute Gasteiger partial charge is 0.318 e. The number of carbonyl (C=O) groups excluding carboxylic acids is 2. The van der Waals surface area contributed by atoms with Crippen molar-refractivity contribution in [3.8, 4) is 5.69 Å². The number of nitrogens with one attached hydrogen (secondary N) is 2. The molecule has 1 aromatic heterocycles. The molecule has 0 unspecified atom stereocenters. The molecule has 29 heavy (non-hydrogen) atoms. The van der Waals surface area contributed by atoms with Crippen molar-refractivity contribution in [3.63, 3.8) is 0 Å². The van der Waals surface area contributed by atoms with E-state index in [9.17, 15) is 18.0 Å². The van der Waals surface area contributed by atoms with Gasteiger partial charge in [-0.05, 0) is 50.2 Å². The Balaban J connectivity index is 1.76. The van der Waals surface area contributed by atoms with E-state index in [2.05, 4.69) is 10.9 Å². The molecule has 150 valence electrons. The normalized spacial score (nSPS) is 11.1. The standard InChI is InChI=1S/C21H21N3O4S/c1-14-12-19(15(2)24(14)17-9-5-4-6-10-17)21(26)23-22-20(25)16-8-7-11-18(13-16)29(3,27)28/h4-13H,1-3H3,(H,22,25)(H,23,26). The molecule has 0 bridgehead atoms. The van der Waals surface area contributed by atoms with Gasteiger partial charge in [0, 0.05) is 28.9 Å².